The van der Waals surface area contributed by atoms with Gasteiger partial charge in [-0.05, 0) is 49.1 Å². The Hall–Kier alpha value is -1.80. The summed E-state index contributed by atoms with van der Waals surface area (Å²) in [7, 11) is 0. The highest BCUT2D eigenvalue weighted by atomic mass is 16.5. The Bertz CT molecular complexity index is 600. The summed E-state index contributed by atoms with van der Waals surface area (Å²) in [6, 6.07) is 12.5. The zero-order chi connectivity index (χ0) is 14.3. The third kappa shape index (κ3) is 2.20. The molecule has 2 aromatic carbocycles. The van der Waals surface area contributed by atoms with E-state index in [2.05, 4.69) is 45.0 Å². The summed E-state index contributed by atoms with van der Waals surface area (Å²) in [6.07, 6.45) is 0.928. The zero-order valence-electron chi connectivity index (χ0n) is 12.3. The lowest BCUT2D eigenvalue weighted by atomic mass is 9.90. The maximum atomic E-state index is 6.51. The van der Waals surface area contributed by atoms with E-state index in [0.717, 1.165) is 12.2 Å². The smallest absolute Gasteiger partial charge is 0.123 e. The molecule has 2 atom stereocenters. The molecular formula is C18H21NO. The molecule has 3 rings (SSSR count). The molecule has 0 saturated heterocycles. The lowest BCUT2D eigenvalue weighted by Crippen LogP contribution is -2.31. The molecular weight excluding hydrogens is 246 g/mol. The van der Waals surface area contributed by atoms with Crippen molar-refractivity contribution in [2.75, 3.05) is 0 Å². The van der Waals surface area contributed by atoms with E-state index in [4.69, 9.17) is 10.5 Å². The number of hydrogen-bond donors (Lipinski definition) is 1. The minimum atomic E-state index is -0.0806. The van der Waals surface area contributed by atoms with Gasteiger partial charge in [0.2, 0.25) is 0 Å². The maximum absolute atomic E-state index is 6.51. The van der Waals surface area contributed by atoms with Gasteiger partial charge in [0.1, 0.15) is 11.9 Å². The number of para-hydroxylation sites is 1. The Kier molecular flexibility index (Phi) is 3.27. The zero-order valence-corrected chi connectivity index (χ0v) is 12.3. The van der Waals surface area contributed by atoms with Crippen molar-refractivity contribution in [2.24, 2.45) is 5.73 Å². The average Bonchev–Trinajstić information content (AvgIpc) is 2.81. The van der Waals surface area contributed by atoms with Gasteiger partial charge in [-0.15, -0.1) is 0 Å². The number of fused-ring (bicyclic) bond motifs is 1. The summed E-state index contributed by atoms with van der Waals surface area (Å²) < 4.78 is 6.04. The molecule has 0 spiro atoms. The van der Waals surface area contributed by atoms with Crippen LogP contribution < -0.4 is 10.5 Å². The second-order valence-corrected chi connectivity index (χ2v) is 5.81. The van der Waals surface area contributed by atoms with Gasteiger partial charge in [-0.2, -0.15) is 0 Å². The Balaban J connectivity index is 1.90. The molecule has 0 aliphatic carbocycles. The summed E-state index contributed by atoms with van der Waals surface area (Å²) in [5, 5.41) is 0. The van der Waals surface area contributed by atoms with Crippen LogP contribution in [0.3, 0.4) is 0 Å². The minimum absolute atomic E-state index is 0.0347. The molecule has 0 bridgehead atoms. The van der Waals surface area contributed by atoms with Crippen molar-refractivity contribution in [1.29, 1.82) is 0 Å². The third-order valence-corrected chi connectivity index (χ3v) is 4.14. The Morgan fingerprint density at radius 1 is 1.10 bits per heavy atom. The molecule has 2 heteroatoms. The molecule has 2 aromatic rings. The van der Waals surface area contributed by atoms with Gasteiger partial charge >= 0.3 is 0 Å². The van der Waals surface area contributed by atoms with Crippen LogP contribution in [0.25, 0.3) is 0 Å². The maximum Gasteiger partial charge on any atom is 0.123 e. The van der Waals surface area contributed by atoms with Gasteiger partial charge in [0, 0.05) is 6.42 Å². The highest BCUT2D eigenvalue weighted by Gasteiger charge is 2.30. The first-order valence-electron chi connectivity index (χ1n) is 7.14. The molecule has 1 aliphatic heterocycles. The first-order valence-corrected chi connectivity index (χ1v) is 7.14. The Morgan fingerprint density at radius 2 is 1.75 bits per heavy atom. The second kappa shape index (κ2) is 4.95. The number of benzene rings is 2. The normalized spacial score (nSPS) is 18.5. The van der Waals surface area contributed by atoms with E-state index < -0.39 is 0 Å². The van der Waals surface area contributed by atoms with Crippen molar-refractivity contribution < 1.29 is 4.74 Å². The molecule has 0 saturated carbocycles. The van der Waals surface area contributed by atoms with E-state index >= 15 is 0 Å². The van der Waals surface area contributed by atoms with Crippen LogP contribution in [-0.4, -0.2) is 6.10 Å². The van der Waals surface area contributed by atoms with E-state index in [9.17, 15) is 0 Å². The molecule has 0 amide bonds. The number of rotatable bonds is 2. The highest BCUT2D eigenvalue weighted by Crippen LogP contribution is 2.35. The van der Waals surface area contributed by atoms with Crippen molar-refractivity contribution in [1.82, 2.24) is 0 Å². The molecule has 0 fully saturated rings. The first-order chi connectivity index (χ1) is 9.56. The van der Waals surface area contributed by atoms with Crippen molar-refractivity contribution in [2.45, 2.75) is 39.3 Å². The van der Waals surface area contributed by atoms with Gasteiger partial charge in [0.15, 0.2) is 0 Å². The Morgan fingerprint density at radius 3 is 2.40 bits per heavy atom. The first kappa shape index (κ1) is 13.2. The summed E-state index contributed by atoms with van der Waals surface area (Å²) in [6.45, 7) is 6.39. The van der Waals surface area contributed by atoms with Crippen LogP contribution in [0.1, 0.15) is 33.9 Å². The predicted octanol–water partition coefficient (Wildman–Crippen LogP) is 3.62. The van der Waals surface area contributed by atoms with Gasteiger partial charge in [-0.1, -0.05) is 35.9 Å². The van der Waals surface area contributed by atoms with Crippen molar-refractivity contribution >= 4 is 0 Å². The SMILES string of the molecule is Cc1cc(C)c(C(N)C2Cc3ccccc3O2)c(C)c1. The van der Waals surface area contributed by atoms with Crippen LogP contribution in [0.2, 0.25) is 0 Å². The fourth-order valence-electron chi connectivity index (χ4n) is 3.31. The minimum Gasteiger partial charge on any atom is -0.488 e. The highest BCUT2D eigenvalue weighted by molar-refractivity contribution is 5.43. The number of nitrogens with two attached hydrogens (primary N) is 1. The fraction of sp³-hybridized carbons (Fsp3) is 0.333. The summed E-state index contributed by atoms with van der Waals surface area (Å²) in [5.74, 6) is 0.982. The number of aryl methyl sites for hydroxylation is 3. The number of hydrogen-bond acceptors (Lipinski definition) is 2. The van der Waals surface area contributed by atoms with E-state index in [1.165, 1.54) is 27.8 Å². The van der Waals surface area contributed by atoms with Crippen molar-refractivity contribution in [3.05, 3.63) is 64.2 Å². The largest absolute Gasteiger partial charge is 0.488 e. The van der Waals surface area contributed by atoms with Gasteiger partial charge in [-0.25, -0.2) is 0 Å². The number of ether oxygens (including phenoxy) is 1. The van der Waals surface area contributed by atoms with Gasteiger partial charge in [0.05, 0.1) is 6.04 Å². The predicted molar refractivity (Wildman–Crippen MR) is 82.1 cm³/mol. The van der Waals surface area contributed by atoms with E-state index in [0.29, 0.717) is 0 Å². The molecule has 2 nitrogen and oxygen atoms in total. The van der Waals surface area contributed by atoms with E-state index in [-0.39, 0.29) is 12.1 Å². The third-order valence-electron chi connectivity index (χ3n) is 4.14. The monoisotopic (exact) mass is 267 g/mol. The van der Waals surface area contributed by atoms with E-state index in [1.54, 1.807) is 0 Å². The van der Waals surface area contributed by atoms with Crippen LogP contribution >= 0.6 is 0 Å². The van der Waals surface area contributed by atoms with Crippen LogP contribution in [0.15, 0.2) is 36.4 Å². The lowest BCUT2D eigenvalue weighted by molar-refractivity contribution is 0.199. The lowest BCUT2D eigenvalue weighted by Gasteiger charge is -2.23. The van der Waals surface area contributed by atoms with Gasteiger partial charge < -0.3 is 10.5 Å². The quantitative estimate of drug-likeness (QED) is 0.902. The standard InChI is InChI=1S/C18H21NO/c1-11-8-12(2)17(13(3)9-11)18(19)16-10-14-6-4-5-7-15(14)20-16/h4-9,16,18H,10,19H2,1-3H3. The van der Waals surface area contributed by atoms with Crippen LogP contribution in [0.4, 0.5) is 0 Å². The molecule has 2 N–H and O–H groups in total. The molecule has 104 valence electrons. The Labute approximate surface area is 120 Å². The topological polar surface area (TPSA) is 35.2 Å². The summed E-state index contributed by atoms with van der Waals surface area (Å²) in [5.41, 5.74) is 12.8. The summed E-state index contributed by atoms with van der Waals surface area (Å²) in [4.78, 5) is 0. The van der Waals surface area contributed by atoms with Gasteiger partial charge in [0.25, 0.3) is 0 Å². The molecule has 0 aromatic heterocycles. The van der Waals surface area contributed by atoms with Crippen LogP contribution in [-0.2, 0) is 6.42 Å². The average molecular weight is 267 g/mol. The molecule has 1 heterocycles. The summed E-state index contributed by atoms with van der Waals surface area (Å²) >= 11 is 0. The molecule has 20 heavy (non-hydrogen) atoms. The second-order valence-electron chi connectivity index (χ2n) is 5.81. The fourth-order valence-corrected chi connectivity index (χ4v) is 3.31. The van der Waals surface area contributed by atoms with E-state index in [1.807, 2.05) is 12.1 Å². The van der Waals surface area contributed by atoms with Crippen LogP contribution in [0, 0.1) is 20.8 Å². The van der Waals surface area contributed by atoms with Gasteiger partial charge in [-0.3, -0.25) is 0 Å². The van der Waals surface area contributed by atoms with Crippen LogP contribution in [0.5, 0.6) is 5.75 Å². The molecule has 1 aliphatic rings. The van der Waals surface area contributed by atoms with Crippen molar-refractivity contribution in [3.63, 3.8) is 0 Å². The molecule has 2 unspecified atom stereocenters. The van der Waals surface area contributed by atoms with Crippen molar-refractivity contribution in [3.8, 4) is 5.75 Å². The molecule has 0 radical (unpaired) electrons.